The lowest BCUT2D eigenvalue weighted by atomic mass is 10.0. The Morgan fingerprint density at radius 3 is 3.00 bits per heavy atom. The van der Waals surface area contributed by atoms with Gasteiger partial charge in [-0.1, -0.05) is 19.1 Å². The zero-order chi connectivity index (χ0) is 14.5. The van der Waals surface area contributed by atoms with Crippen molar-refractivity contribution in [2.75, 3.05) is 20.2 Å². The van der Waals surface area contributed by atoms with Gasteiger partial charge in [0.05, 0.1) is 13.7 Å². The van der Waals surface area contributed by atoms with Crippen LogP contribution in [0.1, 0.15) is 30.9 Å². The molecule has 1 saturated heterocycles. The van der Waals surface area contributed by atoms with Crippen LogP contribution in [0.3, 0.4) is 0 Å². The molecular weight excluding hydrogens is 250 g/mol. The number of aliphatic imine (C=N–C) groups is 1. The number of piperidine rings is 1. The highest BCUT2D eigenvalue weighted by atomic mass is 16.5. The van der Waals surface area contributed by atoms with Crippen LogP contribution in [0.15, 0.2) is 23.2 Å². The molecule has 4 nitrogen and oxygen atoms in total. The van der Waals surface area contributed by atoms with E-state index in [0.717, 1.165) is 24.4 Å². The van der Waals surface area contributed by atoms with Crippen molar-refractivity contribution in [3.63, 3.8) is 0 Å². The van der Waals surface area contributed by atoms with Gasteiger partial charge in [-0.25, -0.2) is 4.99 Å². The Labute approximate surface area is 121 Å². The molecule has 0 saturated carbocycles. The van der Waals surface area contributed by atoms with Crippen LogP contribution in [0.25, 0.3) is 0 Å². The topological polar surface area (TPSA) is 50.9 Å². The first kappa shape index (κ1) is 14.7. The molecular formula is C16H25N3O. The summed E-state index contributed by atoms with van der Waals surface area (Å²) in [6.07, 6.45) is 2.49. The second kappa shape index (κ2) is 6.64. The van der Waals surface area contributed by atoms with Gasteiger partial charge in [-0.05, 0) is 37.3 Å². The fourth-order valence-corrected chi connectivity index (χ4v) is 2.65. The van der Waals surface area contributed by atoms with E-state index in [9.17, 15) is 0 Å². The predicted octanol–water partition coefficient (Wildman–Crippen LogP) is 2.55. The van der Waals surface area contributed by atoms with Crippen molar-refractivity contribution in [1.82, 2.24) is 4.90 Å². The van der Waals surface area contributed by atoms with Crippen LogP contribution < -0.4 is 10.5 Å². The lowest BCUT2D eigenvalue weighted by molar-refractivity contribution is 0.270. The smallest absolute Gasteiger partial charge is 0.191 e. The average molecular weight is 275 g/mol. The maximum atomic E-state index is 6.12. The number of methoxy groups -OCH3 is 1. The van der Waals surface area contributed by atoms with E-state index < -0.39 is 0 Å². The summed E-state index contributed by atoms with van der Waals surface area (Å²) in [7, 11) is 1.69. The molecule has 110 valence electrons. The maximum Gasteiger partial charge on any atom is 0.191 e. The van der Waals surface area contributed by atoms with E-state index in [0.29, 0.717) is 18.4 Å². The fraction of sp³-hybridized carbons (Fsp3) is 0.562. The molecule has 0 aliphatic carbocycles. The molecule has 1 unspecified atom stereocenters. The van der Waals surface area contributed by atoms with Crippen molar-refractivity contribution in [2.24, 2.45) is 16.6 Å². The zero-order valence-corrected chi connectivity index (χ0v) is 12.7. The third-order valence-electron chi connectivity index (χ3n) is 3.83. The molecule has 4 heteroatoms. The van der Waals surface area contributed by atoms with Crippen LogP contribution in [0.5, 0.6) is 5.75 Å². The first-order valence-corrected chi connectivity index (χ1v) is 7.28. The minimum atomic E-state index is 0.570. The number of nitrogens with zero attached hydrogens (tertiary/aromatic N) is 2. The van der Waals surface area contributed by atoms with E-state index in [-0.39, 0.29) is 0 Å². The van der Waals surface area contributed by atoms with Crippen molar-refractivity contribution in [2.45, 2.75) is 33.2 Å². The molecule has 1 aromatic rings. The number of rotatable bonds is 3. The van der Waals surface area contributed by atoms with Crippen LogP contribution in [-0.4, -0.2) is 31.1 Å². The number of guanidine groups is 1. The highest BCUT2D eigenvalue weighted by Gasteiger charge is 2.17. The summed E-state index contributed by atoms with van der Waals surface area (Å²) in [5, 5.41) is 0. The van der Waals surface area contributed by atoms with Gasteiger partial charge in [0, 0.05) is 18.7 Å². The standard InChI is InChI=1S/C16H25N3O/c1-12-6-7-14(15(9-12)20-3)10-18-16(17)19-8-4-5-13(2)11-19/h6-7,9,13H,4-5,8,10-11H2,1-3H3,(H2,17,18). The van der Waals surface area contributed by atoms with Crippen molar-refractivity contribution in [1.29, 1.82) is 0 Å². The van der Waals surface area contributed by atoms with Gasteiger partial charge in [0.25, 0.3) is 0 Å². The summed E-state index contributed by atoms with van der Waals surface area (Å²) in [5.74, 6) is 2.24. The van der Waals surface area contributed by atoms with Crippen LogP contribution in [0, 0.1) is 12.8 Å². The summed E-state index contributed by atoms with van der Waals surface area (Å²) < 4.78 is 5.40. The molecule has 1 aliphatic rings. The van der Waals surface area contributed by atoms with Gasteiger partial charge >= 0.3 is 0 Å². The largest absolute Gasteiger partial charge is 0.496 e. The first-order valence-electron chi connectivity index (χ1n) is 7.28. The van der Waals surface area contributed by atoms with Gasteiger partial charge in [0.2, 0.25) is 0 Å². The van der Waals surface area contributed by atoms with E-state index in [1.54, 1.807) is 7.11 Å². The molecule has 0 bridgehead atoms. The number of hydrogen-bond donors (Lipinski definition) is 1. The second-order valence-electron chi connectivity index (χ2n) is 5.68. The molecule has 20 heavy (non-hydrogen) atoms. The molecule has 2 rings (SSSR count). The van der Waals surface area contributed by atoms with Crippen LogP contribution in [-0.2, 0) is 6.54 Å². The Kier molecular flexibility index (Phi) is 4.88. The number of ether oxygens (including phenoxy) is 1. The van der Waals surface area contributed by atoms with Crippen LogP contribution >= 0.6 is 0 Å². The average Bonchev–Trinajstić information content (AvgIpc) is 2.45. The monoisotopic (exact) mass is 275 g/mol. The lowest BCUT2D eigenvalue weighted by Crippen LogP contribution is -2.43. The quantitative estimate of drug-likeness (QED) is 0.681. The molecule has 0 radical (unpaired) electrons. The summed E-state index contributed by atoms with van der Waals surface area (Å²) in [6.45, 7) is 6.92. The van der Waals surface area contributed by atoms with Gasteiger partial charge in [-0.3, -0.25) is 0 Å². The van der Waals surface area contributed by atoms with Gasteiger partial charge in [0.15, 0.2) is 5.96 Å². The number of benzene rings is 1. The van der Waals surface area contributed by atoms with Crippen molar-refractivity contribution < 1.29 is 4.74 Å². The molecule has 1 aliphatic heterocycles. The van der Waals surface area contributed by atoms with E-state index in [4.69, 9.17) is 10.5 Å². The van der Waals surface area contributed by atoms with Gasteiger partial charge in [0.1, 0.15) is 5.75 Å². The number of hydrogen-bond acceptors (Lipinski definition) is 2. The van der Waals surface area contributed by atoms with Crippen molar-refractivity contribution in [3.05, 3.63) is 29.3 Å². The lowest BCUT2D eigenvalue weighted by Gasteiger charge is -2.31. The third-order valence-corrected chi connectivity index (χ3v) is 3.83. The summed E-state index contributed by atoms with van der Waals surface area (Å²) in [5.41, 5.74) is 8.38. The summed E-state index contributed by atoms with van der Waals surface area (Å²) >= 11 is 0. The van der Waals surface area contributed by atoms with Gasteiger partial charge < -0.3 is 15.4 Å². The minimum Gasteiger partial charge on any atom is -0.496 e. The van der Waals surface area contributed by atoms with Crippen molar-refractivity contribution in [3.8, 4) is 5.75 Å². The zero-order valence-electron chi connectivity index (χ0n) is 12.7. The predicted molar refractivity (Wildman–Crippen MR) is 83.0 cm³/mol. The van der Waals surface area contributed by atoms with Gasteiger partial charge in [-0.2, -0.15) is 0 Å². The highest BCUT2D eigenvalue weighted by molar-refractivity contribution is 5.78. The molecule has 1 fully saturated rings. The number of aryl methyl sites for hydroxylation is 1. The Morgan fingerprint density at radius 2 is 2.30 bits per heavy atom. The molecule has 0 amide bonds. The van der Waals surface area contributed by atoms with E-state index in [2.05, 4.69) is 35.9 Å². The second-order valence-corrected chi connectivity index (χ2v) is 5.68. The maximum absolute atomic E-state index is 6.12. The molecule has 0 spiro atoms. The first-order chi connectivity index (χ1) is 9.60. The summed E-state index contributed by atoms with van der Waals surface area (Å²) in [4.78, 5) is 6.72. The van der Waals surface area contributed by atoms with Crippen LogP contribution in [0.4, 0.5) is 0 Å². The SMILES string of the molecule is COc1cc(C)ccc1CN=C(N)N1CCCC(C)C1. The van der Waals surface area contributed by atoms with Crippen molar-refractivity contribution >= 4 is 5.96 Å². The van der Waals surface area contributed by atoms with Gasteiger partial charge in [-0.15, -0.1) is 0 Å². The number of likely N-dealkylation sites (tertiary alicyclic amines) is 1. The minimum absolute atomic E-state index is 0.570. The Balaban J connectivity index is 2.04. The normalized spacial score (nSPS) is 20.1. The number of nitrogens with two attached hydrogens (primary N) is 1. The van der Waals surface area contributed by atoms with Crippen LogP contribution in [0.2, 0.25) is 0 Å². The summed E-state index contributed by atoms with van der Waals surface area (Å²) in [6, 6.07) is 6.17. The Morgan fingerprint density at radius 1 is 1.50 bits per heavy atom. The van der Waals surface area contributed by atoms with E-state index >= 15 is 0 Å². The third kappa shape index (κ3) is 3.65. The molecule has 1 atom stereocenters. The Hall–Kier alpha value is -1.71. The fourth-order valence-electron chi connectivity index (χ4n) is 2.65. The molecule has 2 N–H and O–H groups in total. The van der Waals surface area contributed by atoms with E-state index in [1.165, 1.54) is 18.4 Å². The molecule has 1 aromatic carbocycles. The molecule has 0 aromatic heterocycles. The Bertz CT molecular complexity index is 485. The molecule has 1 heterocycles. The van der Waals surface area contributed by atoms with E-state index in [1.807, 2.05) is 6.07 Å². The highest BCUT2D eigenvalue weighted by Crippen LogP contribution is 2.21.